The molecule has 0 aromatic carbocycles. The van der Waals surface area contributed by atoms with Crippen molar-refractivity contribution in [2.45, 2.75) is 0 Å². The van der Waals surface area contributed by atoms with Crippen molar-refractivity contribution in [1.29, 1.82) is 0 Å². The van der Waals surface area contributed by atoms with Crippen LogP contribution in [0.5, 0.6) is 0 Å². The fraction of sp³-hybridized carbons (Fsp3) is 0. The molecule has 0 aliphatic heterocycles. The van der Waals surface area contributed by atoms with Crippen molar-refractivity contribution in [1.82, 2.24) is 4.98 Å². The molecule has 86 valence electrons. The highest BCUT2D eigenvalue weighted by Crippen LogP contribution is 2.22. The van der Waals surface area contributed by atoms with E-state index in [1.807, 2.05) is 0 Å². The zero-order valence-corrected chi connectivity index (χ0v) is 9.48. The quantitative estimate of drug-likeness (QED) is 0.738. The topological polar surface area (TPSA) is 94.4 Å². The number of rotatable bonds is 1. The SMILES string of the molecule is Nc1ccc(N=C2C=CC(=O)C(Cl)=C2)c(N)n1. The average molecular weight is 249 g/mol. The number of aromatic nitrogens is 1. The number of hydrogen-bond donors (Lipinski definition) is 2. The van der Waals surface area contributed by atoms with Gasteiger partial charge in [0.25, 0.3) is 0 Å². The maximum absolute atomic E-state index is 11.1. The van der Waals surface area contributed by atoms with Crippen molar-refractivity contribution in [3.05, 3.63) is 35.4 Å². The minimum Gasteiger partial charge on any atom is -0.384 e. The maximum Gasteiger partial charge on any atom is 0.197 e. The molecule has 0 saturated heterocycles. The van der Waals surface area contributed by atoms with E-state index in [0.29, 0.717) is 17.2 Å². The predicted octanol–water partition coefficient (Wildman–Crippen LogP) is 1.58. The molecule has 6 heteroatoms. The number of nitrogen functional groups attached to an aromatic ring is 2. The number of pyridine rings is 1. The van der Waals surface area contributed by atoms with E-state index in [0.717, 1.165) is 0 Å². The number of carbonyl (C=O) groups excluding carboxylic acids is 1. The average Bonchev–Trinajstić information content (AvgIpc) is 2.27. The lowest BCUT2D eigenvalue weighted by molar-refractivity contribution is -0.110. The Morgan fingerprint density at radius 1 is 1.24 bits per heavy atom. The van der Waals surface area contributed by atoms with Gasteiger partial charge in [-0.3, -0.25) is 4.79 Å². The van der Waals surface area contributed by atoms with Crippen molar-refractivity contribution in [2.75, 3.05) is 11.5 Å². The lowest BCUT2D eigenvalue weighted by Crippen LogP contribution is -2.03. The number of nitrogens with two attached hydrogens (primary N) is 2. The van der Waals surface area contributed by atoms with Crippen LogP contribution in [0.1, 0.15) is 0 Å². The van der Waals surface area contributed by atoms with E-state index >= 15 is 0 Å². The molecule has 4 N–H and O–H groups in total. The molecule has 0 amide bonds. The van der Waals surface area contributed by atoms with Gasteiger partial charge in [0.1, 0.15) is 11.5 Å². The van der Waals surface area contributed by atoms with Crippen LogP contribution in [-0.4, -0.2) is 16.5 Å². The molecule has 5 nitrogen and oxygen atoms in total. The van der Waals surface area contributed by atoms with E-state index in [1.54, 1.807) is 18.2 Å². The number of allylic oxidation sites excluding steroid dienone is 4. The van der Waals surface area contributed by atoms with Crippen LogP contribution in [0.25, 0.3) is 0 Å². The number of anilines is 2. The first kappa shape index (κ1) is 11.3. The van der Waals surface area contributed by atoms with Gasteiger partial charge in [0.05, 0.1) is 10.7 Å². The van der Waals surface area contributed by atoms with Crippen molar-refractivity contribution < 1.29 is 4.79 Å². The Balaban J connectivity index is 2.38. The van der Waals surface area contributed by atoms with Gasteiger partial charge in [0.2, 0.25) is 0 Å². The largest absolute Gasteiger partial charge is 0.384 e. The van der Waals surface area contributed by atoms with Crippen LogP contribution < -0.4 is 11.5 Å². The van der Waals surface area contributed by atoms with Gasteiger partial charge in [0, 0.05) is 0 Å². The third-order valence-corrected chi connectivity index (χ3v) is 2.38. The van der Waals surface area contributed by atoms with E-state index in [9.17, 15) is 4.79 Å². The predicted molar refractivity (Wildman–Crippen MR) is 68.2 cm³/mol. The second kappa shape index (κ2) is 4.39. The van der Waals surface area contributed by atoms with E-state index in [4.69, 9.17) is 23.1 Å². The molecular formula is C11H9ClN4O. The number of ketones is 1. The Morgan fingerprint density at radius 3 is 2.65 bits per heavy atom. The van der Waals surface area contributed by atoms with Crippen LogP contribution in [0.4, 0.5) is 17.3 Å². The molecule has 0 bridgehead atoms. The number of nitrogens with zero attached hydrogens (tertiary/aromatic N) is 2. The molecule has 0 fully saturated rings. The first-order chi connectivity index (χ1) is 8.06. The summed E-state index contributed by atoms with van der Waals surface area (Å²) in [5, 5.41) is 0.119. The third-order valence-electron chi connectivity index (χ3n) is 2.09. The molecule has 0 radical (unpaired) electrons. The first-order valence-corrected chi connectivity index (χ1v) is 5.14. The van der Waals surface area contributed by atoms with Crippen molar-refractivity contribution >= 4 is 40.4 Å². The molecule has 17 heavy (non-hydrogen) atoms. The highest BCUT2D eigenvalue weighted by molar-refractivity contribution is 6.47. The summed E-state index contributed by atoms with van der Waals surface area (Å²) in [5.74, 6) is 0.315. The number of halogens is 1. The Hall–Kier alpha value is -2.14. The van der Waals surface area contributed by atoms with Crippen LogP contribution in [-0.2, 0) is 4.79 Å². The van der Waals surface area contributed by atoms with Crippen LogP contribution in [0, 0.1) is 0 Å². The van der Waals surface area contributed by atoms with E-state index in [2.05, 4.69) is 9.98 Å². The molecular weight excluding hydrogens is 240 g/mol. The lowest BCUT2D eigenvalue weighted by Gasteiger charge is -2.04. The van der Waals surface area contributed by atoms with Crippen LogP contribution in [0.15, 0.2) is 40.4 Å². The maximum atomic E-state index is 11.1. The number of aliphatic imine (C=N–C) groups is 1. The molecule has 1 aliphatic rings. The second-order valence-corrected chi connectivity index (χ2v) is 3.77. The fourth-order valence-corrected chi connectivity index (χ4v) is 1.45. The van der Waals surface area contributed by atoms with Gasteiger partial charge in [-0.2, -0.15) is 0 Å². The normalized spacial score (nSPS) is 17.4. The summed E-state index contributed by atoms with van der Waals surface area (Å²) in [5.41, 5.74) is 12.1. The smallest absolute Gasteiger partial charge is 0.197 e. The van der Waals surface area contributed by atoms with Crippen LogP contribution in [0.3, 0.4) is 0 Å². The van der Waals surface area contributed by atoms with Gasteiger partial charge >= 0.3 is 0 Å². The zero-order chi connectivity index (χ0) is 12.4. The number of hydrogen-bond acceptors (Lipinski definition) is 5. The minimum atomic E-state index is -0.242. The third kappa shape index (κ3) is 2.51. The molecule has 1 aromatic heterocycles. The summed E-state index contributed by atoms with van der Waals surface area (Å²) in [6, 6.07) is 3.25. The van der Waals surface area contributed by atoms with Gasteiger partial charge < -0.3 is 11.5 Å². The minimum absolute atomic E-state index is 0.119. The molecule has 1 aliphatic carbocycles. The second-order valence-electron chi connectivity index (χ2n) is 3.37. The fourth-order valence-electron chi connectivity index (χ4n) is 1.28. The first-order valence-electron chi connectivity index (χ1n) is 4.76. The number of carbonyl (C=O) groups is 1. The van der Waals surface area contributed by atoms with Crippen LogP contribution in [0.2, 0.25) is 0 Å². The van der Waals surface area contributed by atoms with Gasteiger partial charge in [0.15, 0.2) is 11.6 Å². The molecule has 2 rings (SSSR count). The summed E-state index contributed by atoms with van der Waals surface area (Å²) >= 11 is 5.71. The molecule has 0 atom stereocenters. The van der Waals surface area contributed by atoms with Crippen molar-refractivity contribution in [3.63, 3.8) is 0 Å². The molecule has 0 unspecified atom stereocenters. The zero-order valence-electron chi connectivity index (χ0n) is 8.72. The summed E-state index contributed by atoms with van der Waals surface area (Å²) in [6.45, 7) is 0. The van der Waals surface area contributed by atoms with Gasteiger partial charge in [-0.15, -0.1) is 0 Å². The molecule has 1 heterocycles. The standard InChI is InChI=1S/C11H9ClN4O/c12-7-5-6(1-3-9(7)17)15-8-2-4-10(13)16-11(8)14/h1-5H,(H4,13,14,16). The summed E-state index contributed by atoms with van der Waals surface area (Å²) < 4.78 is 0. The van der Waals surface area contributed by atoms with Gasteiger partial charge in [-0.1, -0.05) is 11.6 Å². The van der Waals surface area contributed by atoms with Gasteiger partial charge in [-0.05, 0) is 30.4 Å². The van der Waals surface area contributed by atoms with E-state index < -0.39 is 0 Å². The van der Waals surface area contributed by atoms with Crippen LogP contribution >= 0.6 is 11.6 Å². The van der Waals surface area contributed by atoms with Gasteiger partial charge in [-0.25, -0.2) is 9.98 Å². The van der Waals surface area contributed by atoms with Crippen molar-refractivity contribution in [3.8, 4) is 0 Å². The summed E-state index contributed by atoms with van der Waals surface area (Å²) in [4.78, 5) is 19.2. The van der Waals surface area contributed by atoms with E-state index in [-0.39, 0.29) is 16.6 Å². The van der Waals surface area contributed by atoms with E-state index in [1.165, 1.54) is 12.2 Å². The Labute approximate surface area is 102 Å². The Bertz CT molecular complexity index is 575. The Morgan fingerprint density at radius 2 is 2.00 bits per heavy atom. The highest BCUT2D eigenvalue weighted by Gasteiger charge is 2.09. The summed E-state index contributed by atoms with van der Waals surface area (Å²) in [6.07, 6.45) is 4.38. The van der Waals surface area contributed by atoms with Crippen molar-refractivity contribution in [2.24, 2.45) is 4.99 Å². The highest BCUT2D eigenvalue weighted by atomic mass is 35.5. The summed E-state index contributed by atoms with van der Waals surface area (Å²) in [7, 11) is 0. The Kier molecular flexibility index (Phi) is 2.93. The molecule has 0 spiro atoms. The molecule has 0 saturated carbocycles. The monoisotopic (exact) mass is 248 g/mol. The lowest BCUT2D eigenvalue weighted by atomic mass is 10.1. The molecule has 1 aromatic rings.